The first-order valence-electron chi connectivity index (χ1n) is 6.25. The molecule has 0 bridgehead atoms. The summed E-state index contributed by atoms with van der Waals surface area (Å²) in [5, 5.41) is 9.90. The van der Waals surface area contributed by atoms with Gasteiger partial charge in [-0.2, -0.15) is 0 Å². The van der Waals surface area contributed by atoms with Gasteiger partial charge in [-0.3, -0.25) is 4.90 Å². The molecule has 1 heterocycles. The van der Waals surface area contributed by atoms with E-state index in [4.69, 9.17) is 4.74 Å². The quantitative estimate of drug-likeness (QED) is 0.867. The summed E-state index contributed by atoms with van der Waals surface area (Å²) in [5.41, 5.74) is 0.761. The second kappa shape index (κ2) is 5.07. The molecule has 1 saturated heterocycles. The first-order valence-corrected chi connectivity index (χ1v) is 6.25. The first-order chi connectivity index (χ1) is 8.09. The van der Waals surface area contributed by atoms with Crippen LogP contribution in [0, 0.1) is 0 Å². The van der Waals surface area contributed by atoms with E-state index in [9.17, 15) is 5.11 Å². The first kappa shape index (κ1) is 12.4. The van der Waals surface area contributed by atoms with E-state index >= 15 is 0 Å². The number of rotatable bonds is 4. The Morgan fingerprint density at radius 3 is 2.59 bits per heavy atom. The lowest BCUT2D eigenvalue weighted by Gasteiger charge is -2.18. The summed E-state index contributed by atoms with van der Waals surface area (Å²) in [6.07, 6.45) is 0.865. The summed E-state index contributed by atoms with van der Waals surface area (Å²) < 4.78 is 5.41. The fourth-order valence-electron chi connectivity index (χ4n) is 2.29. The Labute approximate surface area is 103 Å². The molecule has 0 radical (unpaired) electrons. The normalized spacial score (nSPS) is 25.1. The van der Waals surface area contributed by atoms with Crippen LogP contribution in [0.5, 0.6) is 5.75 Å². The zero-order valence-corrected chi connectivity index (χ0v) is 10.6. The molecular weight excluding hydrogens is 214 g/mol. The predicted molar refractivity (Wildman–Crippen MR) is 68.1 cm³/mol. The molecule has 0 saturated carbocycles. The van der Waals surface area contributed by atoms with Crippen molar-refractivity contribution in [3.63, 3.8) is 0 Å². The van der Waals surface area contributed by atoms with Gasteiger partial charge in [0.1, 0.15) is 5.75 Å². The minimum Gasteiger partial charge on any atom is -0.494 e. The SMILES string of the molecule is CCOc1ccc(CN2CCC(C)(O)C2)cc1. The van der Waals surface area contributed by atoms with Gasteiger partial charge in [-0.1, -0.05) is 12.1 Å². The lowest BCUT2D eigenvalue weighted by Crippen LogP contribution is -2.29. The Kier molecular flexibility index (Phi) is 3.69. The summed E-state index contributed by atoms with van der Waals surface area (Å²) in [6.45, 7) is 7.24. The average molecular weight is 235 g/mol. The second-order valence-electron chi connectivity index (χ2n) is 5.03. The molecule has 1 aliphatic heterocycles. The van der Waals surface area contributed by atoms with Gasteiger partial charge in [0.05, 0.1) is 12.2 Å². The molecule has 0 aromatic heterocycles. The van der Waals surface area contributed by atoms with Gasteiger partial charge in [-0.05, 0) is 38.0 Å². The molecule has 1 atom stereocenters. The third-order valence-electron chi connectivity index (χ3n) is 3.17. The second-order valence-corrected chi connectivity index (χ2v) is 5.03. The molecule has 94 valence electrons. The van der Waals surface area contributed by atoms with E-state index in [0.29, 0.717) is 6.61 Å². The number of nitrogens with zero attached hydrogens (tertiary/aromatic N) is 1. The highest BCUT2D eigenvalue weighted by Gasteiger charge is 2.30. The maximum absolute atomic E-state index is 9.90. The fourth-order valence-corrected chi connectivity index (χ4v) is 2.29. The van der Waals surface area contributed by atoms with Crippen LogP contribution in [0.1, 0.15) is 25.8 Å². The van der Waals surface area contributed by atoms with Gasteiger partial charge < -0.3 is 9.84 Å². The molecule has 1 N–H and O–H groups in total. The van der Waals surface area contributed by atoms with Crippen LogP contribution < -0.4 is 4.74 Å². The lowest BCUT2D eigenvalue weighted by atomic mass is 10.1. The highest BCUT2D eigenvalue weighted by Crippen LogP contribution is 2.22. The maximum atomic E-state index is 9.90. The molecule has 1 fully saturated rings. The number of aliphatic hydroxyl groups is 1. The van der Waals surface area contributed by atoms with Gasteiger partial charge in [-0.25, -0.2) is 0 Å². The van der Waals surface area contributed by atoms with Crippen molar-refractivity contribution in [2.45, 2.75) is 32.4 Å². The van der Waals surface area contributed by atoms with Gasteiger partial charge in [0.15, 0.2) is 0 Å². The summed E-state index contributed by atoms with van der Waals surface area (Å²) in [6, 6.07) is 8.20. The van der Waals surface area contributed by atoms with Crippen molar-refractivity contribution < 1.29 is 9.84 Å². The molecule has 1 aromatic carbocycles. The molecule has 17 heavy (non-hydrogen) atoms. The summed E-state index contributed by atoms with van der Waals surface area (Å²) in [4.78, 5) is 2.29. The number of ether oxygens (including phenoxy) is 1. The molecule has 0 aliphatic carbocycles. The van der Waals surface area contributed by atoms with Crippen molar-refractivity contribution in [1.82, 2.24) is 4.90 Å². The average Bonchev–Trinajstić information content (AvgIpc) is 2.61. The van der Waals surface area contributed by atoms with Crippen molar-refractivity contribution in [2.75, 3.05) is 19.7 Å². The molecule has 1 aliphatic rings. The van der Waals surface area contributed by atoms with Gasteiger partial charge >= 0.3 is 0 Å². The van der Waals surface area contributed by atoms with Crippen LogP contribution >= 0.6 is 0 Å². The minimum atomic E-state index is -0.509. The van der Waals surface area contributed by atoms with Crippen molar-refractivity contribution in [2.24, 2.45) is 0 Å². The van der Waals surface area contributed by atoms with Crippen LogP contribution in [0.4, 0.5) is 0 Å². The van der Waals surface area contributed by atoms with Crippen molar-refractivity contribution >= 4 is 0 Å². The zero-order chi connectivity index (χ0) is 12.3. The van der Waals surface area contributed by atoms with Crippen LogP contribution in [0.3, 0.4) is 0 Å². The summed E-state index contributed by atoms with van der Waals surface area (Å²) in [7, 11) is 0. The largest absolute Gasteiger partial charge is 0.494 e. The predicted octanol–water partition coefficient (Wildman–Crippen LogP) is 2.04. The fraction of sp³-hybridized carbons (Fsp3) is 0.571. The van der Waals surface area contributed by atoms with E-state index in [1.165, 1.54) is 5.56 Å². The zero-order valence-electron chi connectivity index (χ0n) is 10.6. The van der Waals surface area contributed by atoms with E-state index < -0.39 is 5.60 Å². The van der Waals surface area contributed by atoms with Crippen molar-refractivity contribution in [3.8, 4) is 5.75 Å². The Balaban J connectivity index is 1.91. The van der Waals surface area contributed by atoms with Crippen LogP contribution in [0.25, 0.3) is 0 Å². The monoisotopic (exact) mass is 235 g/mol. The molecule has 0 amide bonds. The van der Waals surface area contributed by atoms with Gasteiger partial charge in [0, 0.05) is 19.6 Å². The summed E-state index contributed by atoms with van der Waals surface area (Å²) in [5.74, 6) is 0.921. The van der Waals surface area contributed by atoms with E-state index in [0.717, 1.165) is 31.8 Å². The smallest absolute Gasteiger partial charge is 0.119 e. The van der Waals surface area contributed by atoms with Crippen LogP contribution in [-0.2, 0) is 6.54 Å². The number of hydrogen-bond acceptors (Lipinski definition) is 3. The van der Waals surface area contributed by atoms with Crippen LogP contribution in [-0.4, -0.2) is 35.3 Å². The number of β-amino-alcohol motifs (C(OH)–C–C–N with tert-alkyl or cyclic N) is 1. The number of benzene rings is 1. The van der Waals surface area contributed by atoms with E-state index in [-0.39, 0.29) is 0 Å². The molecule has 0 spiro atoms. The standard InChI is InChI=1S/C14H21NO2/c1-3-17-13-6-4-12(5-7-13)10-15-9-8-14(2,16)11-15/h4-7,16H,3,8-11H2,1-2H3. The topological polar surface area (TPSA) is 32.7 Å². The Bertz CT molecular complexity index is 359. The van der Waals surface area contributed by atoms with Crippen molar-refractivity contribution in [1.29, 1.82) is 0 Å². The number of likely N-dealkylation sites (tertiary alicyclic amines) is 1. The molecule has 1 aromatic rings. The van der Waals surface area contributed by atoms with Crippen LogP contribution in [0.2, 0.25) is 0 Å². The molecule has 2 rings (SSSR count). The van der Waals surface area contributed by atoms with Gasteiger partial charge in [0.25, 0.3) is 0 Å². The van der Waals surface area contributed by atoms with E-state index in [1.54, 1.807) is 0 Å². The van der Waals surface area contributed by atoms with Crippen LogP contribution in [0.15, 0.2) is 24.3 Å². The lowest BCUT2D eigenvalue weighted by molar-refractivity contribution is 0.0679. The molecule has 3 nitrogen and oxygen atoms in total. The highest BCUT2D eigenvalue weighted by molar-refractivity contribution is 5.27. The van der Waals surface area contributed by atoms with Gasteiger partial charge in [0.2, 0.25) is 0 Å². The third kappa shape index (κ3) is 3.45. The van der Waals surface area contributed by atoms with Gasteiger partial charge in [-0.15, -0.1) is 0 Å². The highest BCUT2D eigenvalue weighted by atomic mass is 16.5. The maximum Gasteiger partial charge on any atom is 0.119 e. The number of hydrogen-bond donors (Lipinski definition) is 1. The Morgan fingerprint density at radius 1 is 1.35 bits per heavy atom. The third-order valence-corrected chi connectivity index (χ3v) is 3.17. The molecular formula is C14H21NO2. The minimum absolute atomic E-state index is 0.509. The molecule has 1 unspecified atom stereocenters. The van der Waals surface area contributed by atoms with E-state index in [1.807, 2.05) is 26.0 Å². The Hall–Kier alpha value is -1.06. The molecule has 3 heteroatoms. The Morgan fingerprint density at radius 2 is 2.06 bits per heavy atom. The van der Waals surface area contributed by atoms with E-state index in [2.05, 4.69) is 17.0 Å². The summed E-state index contributed by atoms with van der Waals surface area (Å²) >= 11 is 0. The van der Waals surface area contributed by atoms with Crippen molar-refractivity contribution in [3.05, 3.63) is 29.8 Å².